The van der Waals surface area contributed by atoms with Crippen molar-refractivity contribution in [2.75, 3.05) is 0 Å². The summed E-state index contributed by atoms with van der Waals surface area (Å²) >= 11 is 0. The van der Waals surface area contributed by atoms with Crippen molar-refractivity contribution < 1.29 is 26.2 Å². The molecule has 8 rings (SSSR count). The summed E-state index contributed by atoms with van der Waals surface area (Å²) in [6, 6.07) is 44.5. The van der Waals surface area contributed by atoms with Crippen molar-refractivity contribution in [3.63, 3.8) is 0 Å². The maximum absolute atomic E-state index is 12.5. The van der Waals surface area contributed by atoms with Crippen LogP contribution in [0.3, 0.4) is 0 Å². The molecule has 5 aromatic carbocycles. The number of phenolic OH excluding ortho intramolecular Hbond substituents is 1. The number of fused-ring (bicyclic) bond motifs is 1. The zero-order valence-electron chi connectivity index (χ0n) is 40.3. The molecule has 0 unspecified atom stereocenters. The van der Waals surface area contributed by atoms with Crippen molar-refractivity contribution in [2.45, 2.75) is 105 Å². The number of pyridine rings is 1. The van der Waals surface area contributed by atoms with Crippen molar-refractivity contribution >= 4 is 22.2 Å². The summed E-state index contributed by atoms with van der Waals surface area (Å²) in [5.74, 6) is 0.838. The number of nitriles is 1. The third kappa shape index (κ3) is 9.38. The first-order chi connectivity index (χ1) is 30.6. The number of para-hydroxylation sites is 1. The first-order valence-corrected chi connectivity index (χ1v) is 22.6. The van der Waals surface area contributed by atoms with Crippen LogP contribution >= 0.6 is 0 Å². The smallest absolute Gasteiger partial charge is 0.149 e. The Kier molecular flexibility index (Phi) is 12.9. The van der Waals surface area contributed by atoms with Crippen LogP contribution < -0.4 is 0 Å². The maximum atomic E-state index is 12.5. The second kappa shape index (κ2) is 17.8. The molecule has 0 saturated heterocycles. The van der Waals surface area contributed by atoms with Gasteiger partial charge in [-0.05, 0) is 91.4 Å². The molecule has 1 N–H and O–H groups in total. The van der Waals surface area contributed by atoms with E-state index in [0.29, 0.717) is 34.0 Å². The minimum atomic E-state index is -0.357. The van der Waals surface area contributed by atoms with Gasteiger partial charge in [0.2, 0.25) is 0 Å². The minimum absolute atomic E-state index is 0. The number of rotatable bonds is 6. The molecule has 0 fully saturated rings. The van der Waals surface area contributed by atoms with Gasteiger partial charge in [0.25, 0.3) is 0 Å². The fourth-order valence-corrected chi connectivity index (χ4v) is 8.44. The summed E-state index contributed by atoms with van der Waals surface area (Å²) in [7, 11) is 0. The van der Waals surface area contributed by atoms with Gasteiger partial charge in [-0.25, -0.2) is 9.97 Å². The zero-order chi connectivity index (χ0) is 46.6. The van der Waals surface area contributed by atoms with Gasteiger partial charge in [0.1, 0.15) is 17.6 Å². The van der Waals surface area contributed by atoms with Crippen molar-refractivity contribution in [3.8, 4) is 51.3 Å². The fraction of sp³-hybridized carbons (Fsp3) is 0.271. The summed E-state index contributed by atoms with van der Waals surface area (Å²) < 4.78 is 2.22. The van der Waals surface area contributed by atoms with E-state index in [2.05, 4.69) is 185 Å². The second-order valence-electron chi connectivity index (χ2n) is 21.4. The van der Waals surface area contributed by atoms with Gasteiger partial charge in [0.05, 0.1) is 39.2 Å². The largest absolute Gasteiger partial charge is 0.663 e. The topological polar surface area (TPSA) is 88.8 Å². The number of aromatic hydroxyl groups is 1. The summed E-state index contributed by atoms with van der Waals surface area (Å²) in [5, 5.41) is 28.1. The second-order valence-corrected chi connectivity index (χ2v) is 21.4. The Morgan fingerprint density at radius 2 is 1.21 bits per heavy atom. The fourth-order valence-electron chi connectivity index (χ4n) is 8.44. The van der Waals surface area contributed by atoms with Gasteiger partial charge < -0.3 is 10.4 Å². The number of allylic oxidation sites excluding steroid dienone is 4. The molecule has 0 saturated carbocycles. The number of hydrogen-bond donors (Lipinski definition) is 1. The van der Waals surface area contributed by atoms with Crippen molar-refractivity contribution in [1.82, 2.24) is 14.5 Å². The zero-order valence-corrected chi connectivity index (χ0v) is 42.6. The molecule has 0 bridgehead atoms. The predicted octanol–water partition coefficient (Wildman–Crippen LogP) is 15.5. The summed E-state index contributed by atoms with van der Waals surface area (Å²) in [6.07, 6.45) is 5.68. The third-order valence-corrected chi connectivity index (χ3v) is 12.4. The molecule has 2 aromatic heterocycles. The van der Waals surface area contributed by atoms with E-state index in [1.54, 1.807) is 6.20 Å². The van der Waals surface area contributed by atoms with Crippen LogP contribution in [0, 0.1) is 11.3 Å². The molecule has 0 atom stereocenters. The van der Waals surface area contributed by atoms with E-state index in [-0.39, 0.29) is 48.5 Å². The molecule has 338 valence electrons. The molecule has 1 aliphatic heterocycles. The van der Waals surface area contributed by atoms with Crippen molar-refractivity contribution in [1.29, 1.82) is 5.26 Å². The molecule has 66 heavy (non-hydrogen) atoms. The van der Waals surface area contributed by atoms with Gasteiger partial charge in [0, 0.05) is 37.8 Å². The maximum Gasteiger partial charge on any atom is 0.149 e. The standard InChI is InChI=1S/C59H60N5O.Pt/c1-56(2,3)40-26-27-51(44(31-40)38-22-17-14-18-23-38)64-52-25-19-24-43(53(52)63-55(64)45-32-41(57(4,5)6)33-47(54(45)65)59(10,11)12)49-34-42(58(7,8)9)35-50(62-49)46(36-60)48-30-39(28-29-61-48)37-20-15-13-16-21-37;/h13-35H,1-12H3,(H-,61,62,63,65);/q-1;. The Bertz CT molecular complexity index is 3100. The van der Waals surface area contributed by atoms with Crippen LogP contribution in [0.1, 0.15) is 117 Å². The molecule has 1 aliphatic rings. The van der Waals surface area contributed by atoms with E-state index < -0.39 is 0 Å². The molecule has 7 heteroatoms. The molecule has 0 spiro atoms. The minimum Gasteiger partial charge on any atom is -0.663 e. The van der Waals surface area contributed by atoms with Crippen molar-refractivity contribution in [3.05, 3.63) is 184 Å². The average molecular weight is 1050 g/mol. The molecule has 7 aromatic rings. The Labute approximate surface area is 406 Å². The van der Waals surface area contributed by atoms with Crippen molar-refractivity contribution in [2.24, 2.45) is 0 Å². The molecule has 0 radical (unpaired) electrons. The van der Waals surface area contributed by atoms with E-state index >= 15 is 0 Å². The molecule has 0 aliphatic carbocycles. The molecular weight excluding hydrogens is 990 g/mol. The molecule has 3 heterocycles. The first kappa shape index (κ1) is 47.7. The van der Waals surface area contributed by atoms with Crippen LogP contribution in [0.15, 0.2) is 145 Å². The van der Waals surface area contributed by atoms with E-state index in [1.165, 1.54) is 5.56 Å². The van der Waals surface area contributed by atoms with Gasteiger partial charge in [-0.1, -0.05) is 180 Å². The Balaban J connectivity index is 0.00000648. The van der Waals surface area contributed by atoms with Gasteiger partial charge in [-0.2, -0.15) is 11.5 Å². The van der Waals surface area contributed by atoms with E-state index in [4.69, 9.17) is 15.3 Å². The Morgan fingerprint density at radius 3 is 1.82 bits per heavy atom. The number of benzene rings is 5. The SMILES string of the molecule is CC(C)(C)c1cc(/C(C#N)=C2/C=C(c3ccccc3)C=C[N-]2)nc(-c2cccc3c2nc(-c2cc(C(C)(C)C)cc(C(C)(C)C)c2O)n3-c2ccc(C(C)(C)C)cc2-c2ccccc2)c1.[Pt]. The van der Waals surface area contributed by atoms with E-state index in [0.717, 1.165) is 61.2 Å². The van der Waals surface area contributed by atoms with Crippen LogP contribution in [0.4, 0.5) is 0 Å². The first-order valence-electron chi connectivity index (χ1n) is 22.6. The summed E-state index contributed by atoms with van der Waals surface area (Å²) in [5.41, 5.74) is 13.6. The Hall–Kier alpha value is -6.28. The monoisotopic (exact) mass is 1050 g/mol. The molecular formula is C59H60N5OPt-. The number of hydrogen-bond acceptors (Lipinski definition) is 4. The molecule has 0 amide bonds. The van der Waals surface area contributed by atoms with Crippen LogP contribution in [-0.2, 0) is 42.7 Å². The predicted molar refractivity (Wildman–Crippen MR) is 271 cm³/mol. The normalized spacial score (nSPS) is 14.0. The summed E-state index contributed by atoms with van der Waals surface area (Å²) in [6.45, 7) is 26.3. The van der Waals surface area contributed by atoms with Gasteiger partial charge in [-0.15, -0.1) is 5.70 Å². The number of nitrogens with zero attached hydrogens (tertiary/aromatic N) is 5. The quantitative estimate of drug-likeness (QED) is 0.168. The summed E-state index contributed by atoms with van der Waals surface area (Å²) in [4.78, 5) is 10.9. The van der Waals surface area contributed by atoms with Crippen LogP contribution in [-0.4, -0.2) is 19.6 Å². The third-order valence-electron chi connectivity index (χ3n) is 12.4. The van der Waals surface area contributed by atoms with Crippen LogP contribution in [0.25, 0.3) is 67.0 Å². The van der Waals surface area contributed by atoms with Crippen LogP contribution in [0.5, 0.6) is 5.75 Å². The number of phenols is 1. The number of imidazole rings is 1. The average Bonchev–Trinajstić information content (AvgIpc) is 3.65. The number of aromatic nitrogens is 3. The van der Waals surface area contributed by atoms with E-state index in [1.807, 2.05) is 42.5 Å². The van der Waals surface area contributed by atoms with Gasteiger partial charge >= 0.3 is 0 Å². The molecule has 6 nitrogen and oxygen atoms in total. The van der Waals surface area contributed by atoms with Crippen LogP contribution in [0.2, 0.25) is 0 Å². The van der Waals surface area contributed by atoms with E-state index in [9.17, 15) is 10.4 Å². The Morgan fingerprint density at radius 1 is 0.606 bits per heavy atom. The van der Waals surface area contributed by atoms with Gasteiger partial charge in [-0.3, -0.25) is 4.57 Å². The van der Waals surface area contributed by atoms with Gasteiger partial charge in [0.15, 0.2) is 0 Å².